The minimum Gasteiger partial charge on any atom is -0.385 e. The summed E-state index contributed by atoms with van der Waals surface area (Å²) in [5.74, 6) is 0.335. The van der Waals surface area contributed by atoms with Crippen LogP contribution in [0.3, 0.4) is 0 Å². The van der Waals surface area contributed by atoms with E-state index in [9.17, 15) is 8.78 Å². The van der Waals surface area contributed by atoms with Gasteiger partial charge < -0.3 is 15.4 Å². The maximum absolute atomic E-state index is 12.0. The third-order valence-electron chi connectivity index (χ3n) is 1.99. The first-order valence-corrected chi connectivity index (χ1v) is 4.52. The van der Waals surface area contributed by atoms with Crippen molar-refractivity contribution in [1.29, 1.82) is 0 Å². The van der Waals surface area contributed by atoms with Crippen molar-refractivity contribution in [2.24, 2.45) is 0 Å². The molecule has 3 N–H and O–H groups in total. The summed E-state index contributed by atoms with van der Waals surface area (Å²) >= 11 is 0. The van der Waals surface area contributed by atoms with E-state index < -0.39 is 12.5 Å². The number of aromatic amines is 1. The molecule has 2 aromatic heterocycles. The van der Waals surface area contributed by atoms with Gasteiger partial charge in [0.15, 0.2) is 11.5 Å². The maximum Gasteiger partial charge on any atom is 0.265 e. The molecule has 2 heterocycles. The molecule has 0 aliphatic heterocycles. The first-order valence-electron chi connectivity index (χ1n) is 4.52. The molecule has 0 saturated heterocycles. The van der Waals surface area contributed by atoms with Crippen LogP contribution in [0.15, 0.2) is 12.7 Å². The minimum atomic E-state index is -2.79. The second kappa shape index (κ2) is 4.35. The predicted octanol–water partition coefficient (Wildman–Crippen LogP) is 0.391. The van der Waals surface area contributed by atoms with Crippen LogP contribution in [0.5, 0.6) is 0 Å². The van der Waals surface area contributed by atoms with Crippen molar-refractivity contribution in [2.75, 3.05) is 11.9 Å². The van der Waals surface area contributed by atoms with E-state index in [0.29, 0.717) is 17.0 Å². The van der Waals surface area contributed by atoms with Crippen LogP contribution in [-0.2, 0) is 0 Å². The molecule has 0 spiro atoms. The molecule has 6 nitrogen and oxygen atoms in total. The normalized spacial score (nSPS) is 13.2. The lowest BCUT2D eigenvalue weighted by Crippen LogP contribution is -2.27. The van der Waals surface area contributed by atoms with Crippen molar-refractivity contribution in [2.45, 2.75) is 12.5 Å². The van der Waals surface area contributed by atoms with Gasteiger partial charge in [-0.15, -0.1) is 0 Å². The van der Waals surface area contributed by atoms with Crippen molar-refractivity contribution in [3.05, 3.63) is 12.7 Å². The fraction of sp³-hybridized carbons (Fsp3) is 0.375. The van der Waals surface area contributed by atoms with Gasteiger partial charge in [-0.25, -0.2) is 23.7 Å². The summed E-state index contributed by atoms with van der Waals surface area (Å²) in [6.45, 7) is -0.289. The number of nitrogens with one attached hydrogen (secondary N) is 2. The fourth-order valence-electron chi connectivity index (χ4n) is 1.19. The number of nitrogens with zero attached hydrogens (tertiary/aromatic N) is 3. The number of aromatic nitrogens is 4. The molecule has 1 unspecified atom stereocenters. The number of aliphatic hydroxyl groups is 1. The number of alkyl halides is 2. The van der Waals surface area contributed by atoms with Crippen LogP contribution in [0.4, 0.5) is 14.6 Å². The van der Waals surface area contributed by atoms with Gasteiger partial charge in [-0.3, -0.25) is 0 Å². The Hall–Kier alpha value is -1.83. The molecule has 86 valence electrons. The number of hydrogen-bond acceptors (Lipinski definition) is 5. The van der Waals surface area contributed by atoms with Gasteiger partial charge in [-0.05, 0) is 0 Å². The van der Waals surface area contributed by atoms with Gasteiger partial charge >= 0.3 is 0 Å². The van der Waals surface area contributed by atoms with Gasteiger partial charge in [-0.1, -0.05) is 0 Å². The molecular formula is C8H9F2N5O. The van der Waals surface area contributed by atoms with Gasteiger partial charge in [0.2, 0.25) is 0 Å². The van der Waals surface area contributed by atoms with Crippen LogP contribution in [-0.4, -0.2) is 44.1 Å². The summed E-state index contributed by atoms with van der Waals surface area (Å²) in [4.78, 5) is 14.4. The molecule has 0 aliphatic carbocycles. The number of aliphatic hydroxyl groups excluding tert-OH is 1. The molecular weight excluding hydrogens is 220 g/mol. The molecule has 0 bridgehead atoms. The molecule has 0 saturated carbocycles. The molecule has 8 heteroatoms. The Balaban J connectivity index is 2.12. The van der Waals surface area contributed by atoms with Gasteiger partial charge in [-0.2, -0.15) is 0 Å². The van der Waals surface area contributed by atoms with Crippen LogP contribution in [0.2, 0.25) is 0 Å². The number of anilines is 1. The minimum absolute atomic E-state index is 0.289. The Labute approximate surface area is 88.8 Å². The van der Waals surface area contributed by atoms with Gasteiger partial charge in [0.25, 0.3) is 6.43 Å². The highest BCUT2D eigenvalue weighted by Crippen LogP contribution is 2.14. The molecule has 0 radical (unpaired) electrons. The second-order valence-electron chi connectivity index (χ2n) is 3.11. The Morgan fingerprint density at radius 3 is 2.94 bits per heavy atom. The first-order chi connectivity index (χ1) is 7.68. The van der Waals surface area contributed by atoms with Crippen LogP contribution in [0.1, 0.15) is 0 Å². The zero-order valence-electron chi connectivity index (χ0n) is 8.06. The van der Waals surface area contributed by atoms with E-state index in [4.69, 9.17) is 5.11 Å². The number of fused-ring (bicyclic) bond motifs is 1. The van der Waals surface area contributed by atoms with E-state index in [-0.39, 0.29) is 6.54 Å². The highest BCUT2D eigenvalue weighted by atomic mass is 19.3. The van der Waals surface area contributed by atoms with Crippen LogP contribution >= 0.6 is 0 Å². The number of hydrogen-bond donors (Lipinski definition) is 3. The summed E-state index contributed by atoms with van der Waals surface area (Å²) in [5, 5.41) is 11.5. The van der Waals surface area contributed by atoms with Gasteiger partial charge in [0.1, 0.15) is 17.9 Å². The molecule has 1 atom stereocenters. The van der Waals surface area contributed by atoms with Crippen LogP contribution in [0, 0.1) is 0 Å². The van der Waals surface area contributed by atoms with E-state index in [1.807, 2.05) is 0 Å². The summed E-state index contributed by atoms with van der Waals surface area (Å²) in [5.41, 5.74) is 0.952. The SMILES string of the molecule is OC(CNc1ncnc2nc[nH]c12)C(F)F. The van der Waals surface area contributed by atoms with Crippen molar-refractivity contribution < 1.29 is 13.9 Å². The van der Waals surface area contributed by atoms with E-state index in [1.54, 1.807) is 0 Å². The Morgan fingerprint density at radius 2 is 2.19 bits per heavy atom. The zero-order chi connectivity index (χ0) is 11.5. The number of H-pyrrole nitrogens is 1. The average molecular weight is 229 g/mol. The van der Waals surface area contributed by atoms with E-state index in [1.165, 1.54) is 12.7 Å². The van der Waals surface area contributed by atoms with Crippen LogP contribution in [0.25, 0.3) is 11.2 Å². The number of rotatable bonds is 4. The van der Waals surface area contributed by atoms with Crippen molar-refractivity contribution >= 4 is 17.0 Å². The van der Waals surface area contributed by atoms with Crippen molar-refractivity contribution in [1.82, 2.24) is 19.9 Å². The highest BCUT2D eigenvalue weighted by molar-refractivity contribution is 5.81. The molecule has 0 amide bonds. The zero-order valence-corrected chi connectivity index (χ0v) is 8.06. The molecule has 0 fully saturated rings. The average Bonchev–Trinajstić information content (AvgIpc) is 2.73. The second-order valence-corrected chi connectivity index (χ2v) is 3.11. The quantitative estimate of drug-likeness (QED) is 0.706. The summed E-state index contributed by atoms with van der Waals surface area (Å²) in [7, 11) is 0. The third kappa shape index (κ3) is 2.06. The predicted molar refractivity (Wildman–Crippen MR) is 52.2 cm³/mol. The first kappa shape index (κ1) is 10.7. The van der Waals surface area contributed by atoms with E-state index in [2.05, 4.69) is 25.3 Å². The Morgan fingerprint density at radius 1 is 1.38 bits per heavy atom. The molecule has 0 aliphatic rings. The lowest BCUT2D eigenvalue weighted by Gasteiger charge is -2.10. The van der Waals surface area contributed by atoms with Gasteiger partial charge in [0, 0.05) is 6.54 Å². The Kier molecular flexibility index (Phi) is 2.91. The molecule has 16 heavy (non-hydrogen) atoms. The van der Waals surface area contributed by atoms with Gasteiger partial charge in [0.05, 0.1) is 6.33 Å². The highest BCUT2D eigenvalue weighted by Gasteiger charge is 2.17. The molecule has 2 aromatic rings. The fourth-order valence-corrected chi connectivity index (χ4v) is 1.19. The largest absolute Gasteiger partial charge is 0.385 e. The summed E-state index contributed by atoms with van der Waals surface area (Å²) in [6.07, 6.45) is -1.83. The monoisotopic (exact) mass is 229 g/mol. The van der Waals surface area contributed by atoms with E-state index >= 15 is 0 Å². The van der Waals surface area contributed by atoms with Crippen LogP contribution < -0.4 is 5.32 Å². The van der Waals surface area contributed by atoms with Crippen molar-refractivity contribution in [3.63, 3.8) is 0 Å². The topological polar surface area (TPSA) is 86.7 Å². The Bertz CT molecular complexity index is 474. The smallest absolute Gasteiger partial charge is 0.265 e. The number of imidazole rings is 1. The maximum atomic E-state index is 12.0. The summed E-state index contributed by atoms with van der Waals surface area (Å²) in [6, 6.07) is 0. The summed E-state index contributed by atoms with van der Waals surface area (Å²) < 4.78 is 24.1. The van der Waals surface area contributed by atoms with Crippen molar-refractivity contribution in [3.8, 4) is 0 Å². The molecule has 0 aromatic carbocycles. The number of halogens is 2. The standard InChI is InChI=1S/C8H9F2N5O/c9-6(10)4(16)1-11-7-5-8(13-2-12-5)15-3-14-7/h2-4,6,16H,1H2,(H2,11,12,13,14,15). The lowest BCUT2D eigenvalue weighted by molar-refractivity contribution is 0.00382. The molecule has 2 rings (SSSR count). The lowest BCUT2D eigenvalue weighted by atomic mass is 10.3. The van der Waals surface area contributed by atoms with E-state index in [0.717, 1.165) is 0 Å². The third-order valence-corrected chi connectivity index (χ3v) is 1.99.